The van der Waals surface area contributed by atoms with Crippen LogP contribution in [0.15, 0.2) is 54.7 Å². The van der Waals surface area contributed by atoms with Crippen LogP contribution >= 0.6 is 11.6 Å². The number of aliphatic hydroxyl groups is 1. The summed E-state index contributed by atoms with van der Waals surface area (Å²) in [5, 5.41) is 10.8. The molecular formula is C26H35ClN4O2. The first-order valence-corrected chi connectivity index (χ1v) is 11.9. The van der Waals surface area contributed by atoms with Gasteiger partial charge in [0, 0.05) is 46.5 Å². The molecule has 1 fully saturated rings. The van der Waals surface area contributed by atoms with Crippen molar-refractivity contribution in [2.75, 3.05) is 45.7 Å². The van der Waals surface area contributed by atoms with E-state index in [0.29, 0.717) is 11.5 Å². The second kappa shape index (κ2) is 11.5. The van der Waals surface area contributed by atoms with Crippen LogP contribution in [0, 0.1) is 5.92 Å². The number of nitrogens with zero attached hydrogens (tertiary/aromatic N) is 4. The van der Waals surface area contributed by atoms with Crippen LogP contribution in [0.3, 0.4) is 0 Å². The zero-order valence-electron chi connectivity index (χ0n) is 19.9. The molecule has 2 heterocycles. The number of aliphatic hydroxyl groups excluding tert-OH is 1. The number of hydrogen-bond donors (Lipinski definition) is 1. The molecule has 3 rings (SSSR count). The Morgan fingerprint density at radius 1 is 1.18 bits per heavy atom. The van der Waals surface area contributed by atoms with Gasteiger partial charge in [-0.25, -0.2) is 4.98 Å². The number of anilines is 1. The van der Waals surface area contributed by atoms with Crippen LogP contribution in [0.1, 0.15) is 47.7 Å². The van der Waals surface area contributed by atoms with Crippen molar-refractivity contribution in [3.05, 3.63) is 71.0 Å². The molecule has 1 aromatic carbocycles. The molecule has 0 saturated carbocycles. The predicted octanol–water partition coefficient (Wildman–Crippen LogP) is 4.61. The van der Waals surface area contributed by atoms with Crippen LogP contribution in [0.2, 0.25) is 5.15 Å². The lowest BCUT2D eigenvalue weighted by Gasteiger charge is -2.33. The molecule has 1 aromatic heterocycles. The van der Waals surface area contributed by atoms with Crippen LogP contribution in [0.4, 0.5) is 5.82 Å². The molecule has 0 radical (unpaired) electrons. The molecule has 1 aliphatic rings. The van der Waals surface area contributed by atoms with Gasteiger partial charge in [0.05, 0.1) is 5.56 Å². The van der Waals surface area contributed by atoms with Crippen molar-refractivity contribution in [2.24, 2.45) is 5.92 Å². The van der Waals surface area contributed by atoms with E-state index in [-0.39, 0.29) is 11.1 Å². The van der Waals surface area contributed by atoms with E-state index in [0.717, 1.165) is 62.4 Å². The zero-order chi connectivity index (χ0) is 24.0. The minimum absolute atomic E-state index is 0.137. The van der Waals surface area contributed by atoms with Gasteiger partial charge >= 0.3 is 0 Å². The molecule has 1 saturated heterocycles. The topological polar surface area (TPSA) is 59.9 Å². The fourth-order valence-corrected chi connectivity index (χ4v) is 4.48. The molecule has 0 aliphatic carbocycles. The van der Waals surface area contributed by atoms with Gasteiger partial charge in [-0.3, -0.25) is 4.79 Å². The molecule has 1 amide bonds. The molecule has 178 valence electrons. The Morgan fingerprint density at radius 3 is 2.45 bits per heavy atom. The summed E-state index contributed by atoms with van der Waals surface area (Å²) in [7, 11) is 5.41. The lowest BCUT2D eigenvalue weighted by atomic mass is 9.92. The average Bonchev–Trinajstić information content (AvgIpc) is 2.83. The van der Waals surface area contributed by atoms with Crippen LogP contribution in [-0.4, -0.2) is 66.6 Å². The predicted molar refractivity (Wildman–Crippen MR) is 135 cm³/mol. The maximum absolute atomic E-state index is 12.2. The van der Waals surface area contributed by atoms with Crippen molar-refractivity contribution in [3.8, 4) is 0 Å². The maximum Gasteiger partial charge on any atom is 0.256 e. The highest BCUT2D eigenvalue weighted by atomic mass is 35.5. The Kier molecular flexibility index (Phi) is 8.75. The van der Waals surface area contributed by atoms with Crippen molar-refractivity contribution >= 4 is 23.3 Å². The lowest BCUT2D eigenvalue weighted by molar-refractivity contribution is 0.0827. The normalized spacial score (nSPS) is 15.2. The standard InChI is InChI=1S/C26H35ClN4O2/c1-19(24(32)21-10-6-5-7-11-21)30(4)16-8-9-20-14-17-31(18-15-20)23-13-12-22(25(27)28-23)26(33)29(2)3/h5-7,10-13,20,24,32H,1,8-9,14-18H2,2-4H3. The number of carbonyl (C=O) groups is 1. The smallest absolute Gasteiger partial charge is 0.256 e. The number of hydrogen-bond acceptors (Lipinski definition) is 5. The Hall–Kier alpha value is -2.57. The highest BCUT2D eigenvalue weighted by Crippen LogP contribution is 2.28. The van der Waals surface area contributed by atoms with Crippen molar-refractivity contribution in [1.82, 2.24) is 14.8 Å². The average molecular weight is 471 g/mol. The van der Waals surface area contributed by atoms with Crippen molar-refractivity contribution in [1.29, 1.82) is 0 Å². The van der Waals surface area contributed by atoms with Gasteiger partial charge in [0.15, 0.2) is 0 Å². The van der Waals surface area contributed by atoms with Crippen molar-refractivity contribution < 1.29 is 9.90 Å². The van der Waals surface area contributed by atoms with E-state index in [1.54, 1.807) is 20.2 Å². The van der Waals surface area contributed by atoms with Gasteiger partial charge in [-0.2, -0.15) is 0 Å². The Labute approximate surface area is 202 Å². The first kappa shape index (κ1) is 25.1. The Balaban J connectivity index is 1.43. The molecule has 1 N–H and O–H groups in total. The number of piperidine rings is 1. The molecular weight excluding hydrogens is 436 g/mol. The molecule has 0 spiro atoms. The number of pyridine rings is 1. The van der Waals surface area contributed by atoms with E-state index >= 15 is 0 Å². The zero-order valence-corrected chi connectivity index (χ0v) is 20.6. The number of rotatable bonds is 9. The SMILES string of the molecule is C=C(C(O)c1ccccc1)N(C)CCCC1CCN(c2ccc(C(=O)N(C)C)c(Cl)n2)CC1. The number of amides is 1. The monoisotopic (exact) mass is 470 g/mol. The first-order valence-electron chi connectivity index (χ1n) is 11.5. The summed E-state index contributed by atoms with van der Waals surface area (Å²) >= 11 is 6.29. The van der Waals surface area contributed by atoms with E-state index in [4.69, 9.17) is 11.6 Å². The molecule has 33 heavy (non-hydrogen) atoms. The molecule has 6 nitrogen and oxygen atoms in total. The largest absolute Gasteiger partial charge is 0.382 e. The molecule has 1 aliphatic heterocycles. The van der Waals surface area contributed by atoms with E-state index in [9.17, 15) is 9.90 Å². The highest BCUT2D eigenvalue weighted by Gasteiger charge is 2.22. The van der Waals surface area contributed by atoms with E-state index in [1.807, 2.05) is 43.4 Å². The summed E-state index contributed by atoms with van der Waals surface area (Å²) in [5.41, 5.74) is 2.04. The third-order valence-electron chi connectivity index (χ3n) is 6.44. The highest BCUT2D eigenvalue weighted by molar-refractivity contribution is 6.32. The number of likely N-dealkylation sites (N-methyl/N-ethyl adjacent to an activating group) is 1. The molecule has 1 unspecified atom stereocenters. The van der Waals surface area contributed by atoms with Crippen LogP contribution in [0.25, 0.3) is 0 Å². The molecule has 1 atom stereocenters. The van der Waals surface area contributed by atoms with E-state index in [2.05, 4.69) is 21.4 Å². The van der Waals surface area contributed by atoms with Crippen LogP contribution < -0.4 is 4.90 Å². The Bertz CT molecular complexity index is 943. The summed E-state index contributed by atoms with van der Waals surface area (Å²) in [4.78, 5) is 22.5. The number of aromatic nitrogens is 1. The maximum atomic E-state index is 12.2. The molecule has 0 bridgehead atoms. The van der Waals surface area contributed by atoms with Gasteiger partial charge in [0.1, 0.15) is 17.1 Å². The van der Waals surface area contributed by atoms with Gasteiger partial charge in [-0.15, -0.1) is 0 Å². The fraction of sp³-hybridized carbons (Fsp3) is 0.462. The summed E-state index contributed by atoms with van der Waals surface area (Å²) in [6, 6.07) is 13.3. The minimum Gasteiger partial charge on any atom is -0.382 e. The summed E-state index contributed by atoms with van der Waals surface area (Å²) < 4.78 is 0. The summed E-state index contributed by atoms with van der Waals surface area (Å²) in [5.74, 6) is 1.37. The second-order valence-electron chi connectivity index (χ2n) is 9.01. The lowest BCUT2D eigenvalue weighted by Crippen LogP contribution is -2.34. The van der Waals surface area contributed by atoms with Crippen LogP contribution in [-0.2, 0) is 0 Å². The van der Waals surface area contributed by atoms with Crippen LogP contribution in [0.5, 0.6) is 0 Å². The summed E-state index contributed by atoms with van der Waals surface area (Å²) in [6.07, 6.45) is 3.76. The van der Waals surface area contributed by atoms with Gasteiger partial charge < -0.3 is 19.8 Å². The Morgan fingerprint density at radius 2 is 1.85 bits per heavy atom. The van der Waals surface area contributed by atoms with E-state index < -0.39 is 6.10 Å². The second-order valence-corrected chi connectivity index (χ2v) is 9.36. The van der Waals surface area contributed by atoms with Gasteiger partial charge in [-0.1, -0.05) is 48.5 Å². The van der Waals surface area contributed by atoms with Crippen molar-refractivity contribution in [3.63, 3.8) is 0 Å². The molecule has 2 aromatic rings. The number of halogens is 1. The van der Waals surface area contributed by atoms with Crippen molar-refractivity contribution in [2.45, 2.75) is 31.8 Å². The van der Waals surface area contributed by atoms with Gasteiger partial charge in [0.2, 0.25) is 0 Å². The fourth-order valence-electron chi connectivity index (χ4n) is 4.25. The van der Waals surface area contributed by atoms with Gasteiger partial charge in [0.25, 0.3) is 5.91 Å². The summed E-state index contributed by atoms with van der Waals surface area (Å²) in [6.45, 7) is 6.85. The number of benzene rings is 1. The third-order valence-corrected chi connectivity index (χ3v) is 6.72. The van der Waals surface area contributed by atoms with E-state index in [1.165, 1.54) is 4.90 Å². The van der Waals surface area contributed by atoms with Gasteiger partial charge in [-0.05, 0) is 49.3 Å². The quantitative estimate of drug-likeness (QED) is 0.542. The molecule has 7 heteroatoms. The minimum atomic E-state index is -0.668. The number of carbonyl (C=O) groups excluding carboxylic acids is 1. The first-order chi connectivity index (χ1) is 15.8. The third kappa shape index (κ3) is 6.49.